The number of ether oxygens (including phenoxy) is 1. The van der Waals surface area contributed by atoms with Crippen LogP contribution in [-0.4, -0.2) is 16.5 Å². The maximum Gasteiger partial charge on any atom is 0.301 e. The molecule has 0 spiro atoms. The van der Waals surface area contributed by atoms with Gasteiger partial charge in [0.25, 0.3) is 0 Å². The molecule has 4 nitrogen and oxygen atoms in total. The zero-order valence-corrected chi connectivity index (χ0v) is 9.32. The third kappa shape index (κ3) is 1.49. The molecule has 0 aliphatic rings. The molecule has 14 heavy (non-hydrogen) atoms. The fraction of sp³-hybridized carbons (Fsp3) is 0.250. The molecule has 76 valence electrons. The monoisotopic (exact) mass is 232 g/mol. The van der Waals surface area contributed by atoms with Crippen LogP contribution in [0.2, 0.25) is 0 Å². The molecule has 0 radical (unpaired) electrons. The lowest BCUT2D eigenvalue weighted by Crippen LogP contribution is -2.16. The van der Waals surface area contributed by atoms with E-state index in [9.17, 15) is 4.79 Å². The molecule has 0 bridgehead atoms. The van der Waals surface area contributed by atoms with Gasteiger partial charge in [-0.15, -0.1) is 23.7 Å². The first-order valence-corrected chi connectivity index (χ1v) is 4.62. The van der Waals surface area contributed by atoms with Gasteiger partial charge in [0.05, 0.1) is 12.8 Å². The minimum Gasteiger partial charge on any atom is -0.490 e. The van der Waals surface area contributed by atoms with Crippen LogP contribution in [-0.2, 0) is 0 Å². The van der Waals surface area contributed by atoms with Gasteiger partial charge >= 0.3 is 5.56 Å². The van der Waals surface area contributed by atoms with Crippen LogP contribution < -0.4 is 10.3 Å². The Morgan fingerprint density at radius 1 is 1.57 bits per heavy atom. The zero-order valence-electron chi connectivity index (χ0n) is 7.68. The van der Waals surface area contributed by atoms with Crippen molar-refractivity contribution in [1.29, 1.82) is 0 Å². The molecule has 0 aromatic carbocycles. The average Bonchev–Trinajstić information content (AvgIpc) is 2.53. The van der Waals surface area contributed by atoms with Gasteiger partial charge in [0.1, 0.15) is 0 Å². The molecule has 2 rings (SSSR count). The normalized spacial score (nSPS) is 9.86. The van der Waals surface area contributed by atoms with E-state index in [0.29, 0.717) is 16.4 Å². The minimum atomic E-state index is -0.147. The van der Waals surface area contributed by atoms with Gasteiger partial charge in [0.2, 0.25) is 5.75 Å². The second-order valence-electron chi connectivity index (χ2n) is 2.59. The Balaban J connectivity index is 0.000000980. The summed E-state index contributed by atoms with van der Waals surface area (Å²) in [6.07, 6.45) is 1.69. The van der Waals surface area contributed by atoms with Crippen molar-refractivity contribution in [3.63, 3.8) is 0 Å². The Kier molecular flexibility index (Phi) is 3.13. The quantitative estimate of drug-likeness (QED) is 0.749. The molecule has 2 aromatic rings. The molecule has 0 atom stereocenters. The number of fused-ring (bicyclic) bond motifs is 1. The maximum atomic E-state index is 11.6. The lowest BCUT2D eigenvalue weighted by Gasteiger charge is -2.02. The number of rotatable bonds is 1. The molecule has 6 heteroatoms. The van der Waals surface area contributed by atoms with Crippen LogP contribution >= 0.6 is 23.7 Å². The summed E-state index contributed by atoms with van der Waals surface area (Å²) in [5.74, 6) is 0.316. The third-order valence-corrected chi connectivity index (χ3v) is 2.56. The summed E-state index contributed by atoms with van der Waals surface area (Å²) in [7, 11) is 1.48. The van der Waals surface area contributed by atoms with Gasteiger partial charge in [0, 0.05) is 11.6 Å². The number of aromatic nitrogens is 2. The Hall–Kier alpha value is -1.07. The number of methoxy groups -OCH3 is 1. The predicted octanol–water partition coefficient (Wildman–Crippen LogP) is 1.49. The molecular formula is C8H9ClN2O2S. The molecule has 0 saturated carbocycles. The summed E-state index contributed by atoms with van der Waals surface area (Å²) >= 11 is 1.43. The number of halogens is 1. The average molecular weight is 233 g/mol. The Labute approximate surface area is 90.6 Å². The first kappa shape index (κ1) is 11.0. The number of hydrogen-bond donors (Lipinski definition) is 0. The second-order valence-corrected chi connectivity index (χ2v) is 3.46. The van der Waals surface area contributed by atoms with Crippen LogP contribution in [0.3, 0.4) is 0 Å². The number of aryl methyl sites for hydroxylation is 1. The molecule has 0 aliphatic carbocycles. The van der Waals surface area contributed by atoms with E-state index in [1.54, 1.807) is 13.1 Å². The molecule has 0 aliphatic heterocycles. The van der Waals surface area contributed by atoms with Crippen LogP contribution in [0.4, 0.5) is 0 Å². The van der Waals surface area contributed by atoms with Crippen molar-refractivity contribution in [1.82, 2.24) is 9.38 Å². The topological polar surface area (TPSA) is 43.6 Å². The standard InChI is InChI=1S/C8H8N2O2S.ClH/c1-5-6(12-2)7(11)10-3-4-13-8(10)9-5;/h3-4H,1-2H3;1H. The molecule has 0 unspecified atom stereocenters. The highest BCUT2D eigenvalue weighted by atomic mass is 35.5. The van der Waals surface area contributed by atoms with E-state index in [0.717, 1.165) is 0 Å². The van der Waals surface area contributed by atoms with E-state index in [-0.39, 0.29) is 18.0 Å². The summed E-state index contributed by atoms with van der Waals surface area (Å²) in [6.45, 7) is 1.76. The summed E-state index contributed by atoms with van der Waals surface area (Å²) < 4.78 is 6.44. The summed E-state index contributed by atoms with van der Waals surface area (Å²) in [5.41, 5.74) is 0.487. The van der Waals surface area contributed by atoms with Crippen molar-refractivity contribution in [2.45, 2.75) is 6.92 Å². The SMILES string of the molecule is COc1c(C)nc2sccn2c1=O.Cl. The van der Waals surface area contributed by atoms with Gasteiger partial charge in [-0.3, -0.25) is 9.20 Å². The molecule has 0 saturated heterocycles. The predicted molar refractivity (Wildman–Crippen MR) is 57.9 cm³/mol. The Bertz CT molecular complexity index is 506. The van der Waals surface area contributed by atoms with E-state index in [1.807, 2.05) is 5.38 Å². The minimum absolute atomic E-state index is 0. The highest BCUT2D eigenvalue weighted by molar-refractivity contribution is 7.15. The second kappa shape index (κ2) is 3.98. The highest BCUT2D eigenvalue weighted by Gasteiger charge is 2.09. The van der Waals surface area contributed by atoms with Crippen molar-refractivity contribution in [2.24, 2.45) is 0 Å². The molecule has 2 heterocycles. The van der Waals surface area contributed by atoms with Crippen molar-refractivity contribution in [3.8, 4) is 5.75 Å². The van der Waals surface area contributed by atoms with Crippen LogP contribution in [0, 0.1) is 6.92 Å². The van der Waals surface area contributed by atoms with Crippen LogP contribution in [0.1, 0.15) is 5.69 Å². The van der Waals surface area contributed by atoms with E-state index >= 15 is 0 Å². The van der Waals surface area contributed by atoms with Crippen molar-refractivity contribution < 1.29 is 4.74 Å². The van der Waals surface area contributed by atoms with Gasteiger partial charge in [-0.25, -0.2) is 4.98 Å². The fourth-order valence-electron chi connectivity index (χ4n) is 1.20. The summed E-state index contributed by atoms with van der Waals surface area (Å²) in [5, 5.41) is 1.82. The number of thiazole rings is 1. The largest absolute Gasteiger partial charge is 0.490 e. The number of nitrogens with zero attached hydrogens (tertiary/aromatic N) is 2. The first-order valence-electron chi connectivity index (χ1n) is 3.74. The van der Waals surface area contributed by atoms with Gasteiger partial charge in [-0.2, -0.15) is 0 Å². The first-order chi connectivity index (χ1) is 6.24. The van der Waals surface area contributed by atoms with Crippen LogP contribution in [0.25, 0.3) is 4.96 Å². The molecule has 0 N–H and O–H groups in total. The fourth-order valence-corrected chi connectivity index (χ4v) is 1.95. The maximum absolute atomic E-state index is 11.6. The third-order valence-electron chi connectivity index (χ3n) is 1.80. The molecule has 2 aromatic heterocycles. The lowest BCUT2D eigenvalue weighted by atomic mass is 10.4. The van der Waals surface area contributed by atoms with Gasteiger partial charge in [-0.05, 0) is 6.92 Å². The zero-order chi connectivity index (χ0) is 9.42. The molecule has 0 amide bonds. The molecule has 0 fully saturated rings. The van der Waals surface area contributed by atoms with E-state index in [4.69, 9.17) is 4.74 Å². The van der Waals surface area contributed by atoms with Gasteiger partial charge in [0.15, 0.2) is 4.96 Å². The molecular weight excluding hydrogens is 224 g/mol. The van der Waals surface area contributed by atoms with Gasteiger partial charge in [-0.1, -0.05) is 0 Å². The van der Waals surface area contributed by atoms with Crippen LogP contribution in [0.5, 0.6) is 5.75 Å². The van der Waals surface area contributed by atoms with Crippen LogP contribution in [0.15, 0.2) is 16.4 Å². The smallest absolute Gasteiger partial charge is 0.301 e. The Morgan fingerprint density at radius 3 is 2.93 bits per heavy atom. The van der Waals surface area contributed by atoms with E-state index < -0.39 is 0 Å². The highest BCUT2D eigenvalue weighted by Crippen LogP contribution is 2.13. The van der Waals surface area contributed by atoms with Crippen molar-refractivity contribution >= 4 is 28.7 Å². The van der Waals surface area contributed by atoms with Crippen molar-refractivity contribution in [2.75, 3.05) is 7.11 Å². The summed E-state index contributed by atoms with van der Waals surface area (Å²) in [4.78, 5) is 16.6. The Morgan fingerprint density at radius 2 is 2.29 bits per heavy atom. The van der Waals surface area contributed by atoms with E-state index in [2.05, 4.69) is 4.98 Å². The number of hydrogen-bond acceptors (Lipinski definition) is 4. The van der Waals surface area contributed by atoms with Gasteiger partial charge < -0.3 is 4.74 Å². The summed E-state index contributed by atoms with van der Waals surface area (Å²) in [6, 6.07) is 0. The van der Waals surface area contributed by atoms with E-state index in [1.165, 1.54) is 22.8 Å². The van der Waals surface area contributed by atoms with Crippen molar-refractivity contribution in [3.05, 3.63) is 27.6 Å². The lowest BCUT2D eigenvalue weighted by molar-refractivity contribution is 0.402.